The second-order valence-corrected chi connectivity index (χ2v) is 5.50. The van der Waals surface area contributed by atoms with Gasteiger partial charge in [-0.25, -0.2) is 5.06 Å². The Morgan fingerprint density at radius 2 is 1.95 bits per heavy atom. The van der Waals surface area contributed by atoms with Gasteiger partial charge in [-0.05, 0) is 51.1 Å². The summed E-state index contributed by atoms with van der Waals surface area (Å²) < 4.78 is 0. The monoisotopic (exact) mass is 268 g/mol. The van der Waals surface area contributed by atoms with Crippen molar-refractivity contribution in [2.24, 2.45) is 4.99 Å². The van der Waals surface area contributed by atoms with Crippen molar-refractivity contribution in [2.75, 3.05) is 5.06 Å². The molecule has 0 amide bonds. The summed E-state index contributed by atoms with van der Waals surface area (Å²) in [5.74, 6) is 0. The van der Waals surface area contributed by atoms with Crippen molar-refractivity contribution in [2.45, 2.75) is 26.3 Å². The Bertz CT molecular complexity index is 588. The number of aliphatic imine (C=N–C) groups is 1. The number of aromatic nitrogens is 1. The van der Waals surface area contributed by atoms with Gasteiger partial charge in [0.05, 0.1) is 28.8 Å². The van der Waals surface area contributed by atoms with Crippen LogP contribution in [0, 0.1) is 0 Å². The number of rotatable bonds is 3. The number of pyridine rings is 1. The third-order valence-electron chi connectivity index (χ3n) is 2.71. The molecule has 0 bridgehead atoms. The molecule has 0 saturated heterocycles. The predicted octanol–water partition coefficient (Wildman–Crippen LogP) is 3.78. The minimum atomic E-state index is -0.469. The van der Waals surface area contributed by atoms with Crippen LogP contribution in [0.3, 0.4) is 0 Å². The molecular formula is C16H18N3O. The Morgan fingerprint density at radius 1 is 1.15 bits per heavy atom. The summed E-state index contributed by atoms with van der Waals surface area (Å²) in [4.78, 5) is 8.52. The van der Waals surface area contributed by atoms with Crippen molar-refractivity contribution < 1.29 is 5.21 Å². The molecule has 1 aromatic carbocycles. The van der Waals surface area contributed by atoms with Crippen molar-refractivity contribution in [3.05, 3.63) is 54.4 Å². The Morgan fingerprint density at radius 3 is 2.60 bits per heavy atom. The molecule has 0 N–H and O–H groups in total. The van der Waals surface area contributed by atoms with Gasteiger partial charge in [0, 0.05) is 6.20 Å². The van der Waals surface area contributed by atoms with E-state index in [2.05, 4.69) is 9.98 Å². The predicted molar refractivity (Wildman–Crippen MR) is 80.9 cm³/mol. The van der Waals surface area contributed by atoms with Crippen LogP contribution in [0.2, 0.25) is 0 Å². The van der Waals surface area contributed by atoms with Gasteiger partial charge in [0.2, 0.25) is 0 Å². The topological polar surface area (TPSA) is 48.4 Å². The highest BCUT2D eigenvalue weighted by molar-refractivity contribution is 5.79. The van der Waals surface area contributed by atoms with Gasteiger partial charge in [-0.2, -0.15) is 0 Å². The average Bonchev–Trinajstić information content (AvgIpc) is 2.45. The first-order chi connectivity index (χ1) is 9.47. The molecule has 4 heteroatoms. The van der Waals surface area contributed by atoms with E-state index in [-0.39, 0.29) is 0 Å². The molecule has 0 saturated carbocycles. The van der Waals surface area contributed by atoms with Crippen LogP contribution in [-0.4, -0.2) is 16.7 Å². The van der Waals surface area contributed by atoms with Crippen LogP contribution in [0.5, 0.6) is 0 Å². The lowest BCUT2D eigenvalue weighted by Gasteiger charge is -2.28. The van der Waals surface area contributed by atoms with Crippen LogP contribution in [0.4, 0.5) is 11.4 Å². The maximum Gasteiger partial charge on any atom is 0.0812 e. The van der Waals surface area contributed by atoms with E-state index >= 15 is 0 Å². The molecule has 2 rings (SSSR count). The molecule has 1 aromatic heterocycles. The lowest BCUT2D eigenvalue weighted by molar-refractivity contribution is 0.102. The second kappa shape index (κ2) is 5.84. The Balaban J connectivity index is 2.20. The zero-order chi connectivity index (χ0) is 14.6. The van der Waals surface area contributed by atoms with E-state index in [1.807, 2.05) is 51.1 Å². The first-order valence-electron chi connectivity index (χ1n) is 6.49. The fourth-order valence-corrected chi connectivity index (χ4v) is 1.68. The summed E-state index contributed by atoms with van der Waals surface area (Å²) >= 11 is 0. The summed E-state index contributed by atoms with van der Waals surface area (Å²) in [5.41, 5.74) is 1.66. The number of hydrogen-bond donors (Lipinski definition) is 0. The highest BCUT2D eigenvalue weighted by atomic mass is 16.5. The first kappa shape index (κ1) is 14.2. The van der Waals surface area contributed by atoms with E-state index in [4.69, 9.17) is 0 Å². The van der Waals surface area contributed by atoms with Crippen LogP contribution >= 0.6 is 0 Å². The Hall–Kier alpha value is -2.20. The SMILES string of the molecule is CC(C)(C)N([O])c1cccc(N=Cc2ccccn2)c1. The smallest absolute Gasteiger partial charge is 0.0812 e. The number of hydrogen-bond acceptors (Lipinski definition) is 3. The molecule has 20 heavy (non-hydrogen) atoms. The lowest BCUT2D eigenvalue weighted by Crippen LogP contribution is -2.37. The summed E-state index contributed by atoms with van der Waals surface area (Å²) in [5, 5.41) is 13.1. The van der Waals surface area contributed by atoms with Crippen LogP contribution in [0.1, 0.15) is 26.5 Å². The van der Waals surface area contributed by atoms with Gasteiger partial charge < -0.3 is 0 Å². The molecule has 0 atom stereocenters. The quantitative estimate of drug-likeness (QED) is 0.628. The highest BCUT2D eigenvalue weighted by Crippen LogP contribution is 2.25. The van der Waals surface area contributed by atoms with Crippen molar-refractivity contribution in [3.8, 4) is 0 Å². The molecule has 0 aliphatic heterocycles. The van der Waals surface area contributed by atoms with Crippen LogP contribution < -0.4 is 5.06 Å². The van der Waals surface area contributed by atoms with Gasteiger partial charge >= 0.3 is 0 Å². The number of hydroxylamine groups is 1. The first-order valence-corrected chi connectivity index (χ1v) is 6.49. The number of anilines is 1. The summed E-state index contributed by atoms with van der Waals surface area (Å²) in [7, 11) is 0. The maximum atomic E-state index is 12.1. The molecule has 103 valence electrons. The van der Waals surface area contributed by atoms with Gasteiger partial charge in [0.15, 0.2) is 0 Å². The summed E-state index contributed by atoms with van der Waals surface area (Å²) in [6, 6.07) is 12.9. The van der Waals surface area contributed by atoms with Gasteiger partial charge in [-0.1, -0.05) is 17.3 Å². The molecule has 0 aliphatic carbocycles. The minimum absolute atomic E-state index is 0.469. The molecular weight excluding hydrogens is 250 g/mol. The van der Waals surface area contributed by atoms with Crippen LogP contribution in [0.25, 0.3) is 0 Å². The van der Waals surface area contributed by atoms with E-state index in [0.717, 1.165) is 16.4 Å². The van der Waals surface area contributed by atoms with Crippen molar-refractivity contribution in [1.82, 2.24) is 4.98 Å². The van der Waals surface area contributed by atoms with E-state index in [1.165, 1.54) is 0 Å². The molecule has 4 nitrogen and oxygen atoms in total. The van der Waals surface area contributed by atoms with Crippen molar-refractivity contribution >= 4 is 17.6 Å². The van der Waals surface area contributed by atoms with Gasteiger partial charge in [0.1, 0.15) is 0 Å². The third-order valence-corrected chi connectivity index (χ3v) is 2.71. The molecule has 0 spiro atoms. The standard InChI is InChI=1S/C16H18N3O/c1-16(2,3)19(20)15-9-6-8-13(11-15)18-12-14-7-4-5-10-17-14/h4-12H,1-3H3. The molecule has 1 radical (unpaired) electrons. The lowest BCUT2D eigenvalue weighted by atomic mass is 10.1. The van der Waals surface area contributed by atoms with E-state index in [0.29, 0.717) is 5.69 Å². The normalized spacial score (nSPS) is 11.8. The zero-order valence-electron chi connectivity index (χ0n) is 11.9. The molecule has 0 fully saturated rings. The fourth-order valence-electron chi connectivity index (χ4n) is 1.68. The van der Waals surface area contributed by atoms with Crippen LogP contribution in [0.15, 0.2) is 53.7 Å². The van der Waals surface area contributed by atoms with Crippen molar-refractivity contribution in [1.29, 1.82) is 0 Å². The molecule has 1 heterocycles. The van der Waals surface area contributed by atoms with Gasteiger partial charge in [-0.15, -0.1) is 0 Å². The molecule has 0 unspecified atom stereocenters. The summed E-state index contributed by atoms with van der Waals surface area (Å²) in [6.07, 6.45) is 3.40. The molecule has 0 aliphatic rings. The highest BCUT2D eigenvalue weighted by Gasteiger charge is 2.21. The maximum absolute atomic E-state index is 12.1. The fraction of sp³-hybridized carbons (Fsp3) is 0.250. The van der Waals surface area contributed by atoms with Crippen molar-refractivity contribution in [3.63, 3.8) is 0 Å². The number of benzene rings is 1. The van der Waals surface area contributed by atoms with E-state index in [1.54, 1.807) is 24.5 Å². The largest absolute Gasteiger partial charge is 0.255 e. The zero-order valence-corrected chi connectivity index (χ0v) is 11.9. The van der Waals surface area contributed by atoms with Crippen LogP contribution in [-0.2, 0) is 5.21 Å². The average molecular weight is 268 g/mol. The van der Waals surface area contributed by atoms with E-state index < -0.39 is 5.54 Å². The number of nitrogens with zero attached hydrogens (tertiary/aromatic N) is 3. The van der Waals surface area contributed by atoms with E-state index in [9.17, 15) is 5.21 Å². The van der Waals surface area contributed by atoms with Gasteiger partial charge in [-0.3, -0.25) is 9.98 Å². The van der Waals surface area contributed by atoms with Gasteiger partial charge in [0.25, 0.3) is 0 Å². The Kier molecular flexibility index (Phi) is 4.15. The summed E-state index contributed by atoms with van der Waals surface area (Å²) in [6.45, 7) is 5.64. The minimum Gasteiger partial charge on any atom is -0.255 e. The second-order valence-electron chi connectivity index (χ2n) is 5.50. The Labute approximate surface area is 119 Å². The molecule has 2 aromatic rings. The third kappa shape index (κ3) is 3.65.